The Labute approximate surface area is 217 Å². The lowest BCUT2D eigenvalue weighted by Crippen LogP contribution is -2.37. The number of rotatable bonds is 5. The summed E-state index contributed by atoms with van der Waals surface area (Å²) >= 11 is 0. The van der Waals surface area contributed by atoms with Crippen molar-refractivity contribution in [3.8, 4) is 5.82 Å². The van der Waals surface area contributed by atoms with Gasteiger partial charge in [0.1, 0.15) is 12.1 Å². The molecule has 1 aromatic carbocycles. The zero-order valence-electron chi connectivity index (χ0n) is 21.7. The minimum Gasteiger partial charge on any atom is -0.371 e. The van der Waals surface area contributed by atoms with E-state index in [1.165, 1.54) is 57.1 Å². The van der Waals surface area contributed by atoms with Crippen LogP contribution in [0.3, 0.4) is 0 Å². The van der Waals surface area contributed by atoms with Crippen LogP contribution in [0.15, 0.2) is 42.7 Å². The number of carbonyl (C=O) groups excluding carboxylic acids is 1. The number of fused-ring (bicyclic) bond motifs is 1. The second-order valence-electron chi connectivity index (χ2n) is 9.03. The quantitative estimate of drug-likeness (QED) is 0.491. The number of nitrogens with one attached hydrogen (secondary N) is 1. The molecule has 1 saturated heterocycles. The fourth-order valence-corrected chi connectivity index (χ4v) is 5.91. The first-order chi connectivity index (χ1) is 17.6. The zero-order chi connectivity index (χ0) is 25.9. The molecule has 1 atom stereocenters. The number of hydrogen-bond acceptors (Lipinski definition) is 7. The molecule has 0 spiro atoms. The number of hydrogen-bond donors (Lipinski definition) is 2. The zero-order valence-corrected chi connectivity index (χ0v) is 22.5. The normalized spacial score (nSPS) is 17.4. The van der Waals surface area contributed by atoms with Crippen LogP contribution in [0.5, 0.6) is 0 Å². The summed E-state index contributed by atoms with van der Waals surface area (Å²) in [5.41, 5.74) is 6.91. The highest BCUT2D eigenvalue weighted by atomic mass is 32.2. The molecular formula is C27H40N6O2S. The van der Waals surface area contributed by atoms with Crippen molar-refractivity contribution in [2.45, 2.75) is 63.2 Å². The average molecular weight is 513 g/mol. The molecule has 196 valence electrons. The molecule has 2 aliphatic rings. The Morgan fingerprint density at radius 3 is 2.42 bits per heavy atom. The van der Waals surface area contributed by atoms with Crippen molar-refractivity contribution in [3.05, 3.63) is 42.7 Å². The largest absolute Gasteiger partial charge is 0.371 e. The van der Waals surface area contributed by atoms with E-state index < -0.39 is 10.8 Å². The third-order valence-electron chi connectivity index (χ3n) is 6.79. The molecule has 9 heteroatoms. The first-order valence-electron chi connectivity index (χ1n) is 12.9. The Morgan fingerprint density at radius 1 is 1.06 bits per heavy atom. The minimum atomic E-state index is -0.728. The van der Waals surface area contributed by atoms with Gasteiger partial charge in [0.05, 0.1) is 5.52 Å². The van der Waals surface area contributed by atoms with E-state index in [0.29, 0.717) is 11.3 Å². The van der Waals surface area contributed by atoms with Crippen LogP contribution in [0, 0.1) is 0 Å². The molecule has 5 rings (SSSR count). The summed E-state index contributed by atoms with van der Waals surface area (Å²) in [4.78, 5) is 20.5. The van der Waals surface area contributed by atoms with E-state index >= 15 is 0 Å². The van der Waals surface area contributed by atoms with Crippen LogP contribution in [0.2, 0.25) is 0 Å². The molecule has 1 unspecified atom stereocenters. The van der Waals surface area contributed by atoms with Crippen LogP contribution >= 0.6 is 0 Å². The molecule has 2 fully saturated rings. The van der Waals surface area contributed by atoms with Crippen LogP contribution < -0.4 is 16.0 Å². The van der Waals surface area contributed by atoms with Crippen molar-refractivity contribution in [1.82, 2.24) is 14.5 Å². The van der Waals surface area contributed by atoms with Gasteiger partial charge in [-0.2, -0.15) is 4.98 Å². The van der Waals surface area contributed by atoms with Gasteiger partial charge in [0.15, 0.2) is 0 Å². The van der Waals surface area contributed by atoms with Gasteiger partial charge in [-0.05, 0) is 63.9 Å². The molecule has 1 aliphatic carbocycles. The molecule has 1 aliphatic heterocycles. The van der Waals surface area contributed by atoms with E-state index in [1.54, 1.807) is 0 Å². The fourth-order valence-electron chi connectivity index (χ4n) is 5.04. The lowest BCUT2D eigenvalue weighted by Gasteiger charge is -2.33. The van der Waals surface area contributed by atoms with Crippen molar-refractivity contribution in [3.63, 3.8) is 0 Å². The monoisotopic (exact) mass is 512 g/mol. The summed E-state index contributed by atoms with van der Waals surface area (Å²) < 4.78 is 14.0. The van der Waals surface area contributed by atoms with Crippen LogP contribution in [-0.2, 0) is 15.6 Å². The molecule has 3 aromatic rings. The number of anilines is 2. The van der Waals surface area contributed by atoms with Gasteiger partial charge in [0, 0.05) is 64.9 Å². The van der Waals surface area contributed by atoms with Crippen molar-refractivity contribution in [1.29, 1.82) is 0 Å². The summed E-state index contributed by atoms with van der Waals surface area (Å²) in [5, 5.41) is 5.10. The van der Waals surface area contributed by atoms with Gasteiger partial charge in [-0.15, -0.1) is 0 Å². The summed E-state index contributed by atoms with van der Waals surface area (Å²) in [6, 6.07) is 11.1. The number of piperidine rings is 1. The lowest BCUT2D eigenvalue weighted by atomic mass is 9.96. The molecule has 36 heavy (non-hydrogen) atoms. The standard InChI is InChI=1S/C24H31N5OS.C2H4O.CH5N/c1-31(30)19-11-15-28(16-12-19)21-8-5-9-22-20(21)13-17-29(22)23-10-14-25-24(27-23)26-18-6-3-2-4-7-18;1-2-3;1-2/h5,8-10,13-14,17-19H,2-4,6-7,11-12,15-16H2,1H3,(H,25,26,27);2H,1H3;2H2,1H3. The highest BCUT2D eigenvalue weighted by Crippen LogP contribution is 2.32. The fraction of sp³-hybridized carbons (Fsp3) is 0.519. The van der Waals surface area contributed by atoms with Crippen molar-refractivity contribution >= 4 is 39.6 Å². The molecule has 0 bridgehead atoms. The molecule has 8 nitrogen and oxygen atoms in total. The smallest absolute Gasteiger partial charge is 0.224 e. The number of aromatic nitrogens is 3. The van der Waals surface area contributed by atoms with E-state index in [9.17, 15) is 4.21 Å². The number of nitrogens with two attached hydrogens (primary N) is 1. The summed E-state index contributed by atoms with van der Waals surface area (Å²) in [7, 11) is 0.772. The highest BCUT2D eigenvalue weighted by molar-refractivity contribution is 7.84. The number of carbonyl (C=O) groups is 1. The third kappa shape index (κ3) is 6.91. The molecule has 2 aromatic heterocycles. The van der Waals surface area contributed by atoms with Gasteiger partial charge in [0.2, 0.25) is 5.95 Å². The van der Waals surface area contributed by atoms with Crippen molar-refractivity contribution in [2.24, 2.45) is 5.73 Å². The molecule has 3 N–H and O–H groups in total. The Hall–Kier alpha value is -2.78. The van der Waals surface area contributed by atoms with Gasteiger partial charge in [-0.3, -0.25) is 4.21 Å². The van der Waals surface area contributed by atoms with Crippen molar-refractivity contribution in [2.75, 3.05) is 36.6 Å². The Kier molecular flexibility index (Phi) is 10.9. The molecule has 3 heterocycles. The maximum absolute atomic E-state index is 11.8. The second kappa shape index (κ2) is 14.1. The third-order valence-corrected chi connectivity index (χ3v) is 8.20. The van der Waals surface area contributed by atoms with Gasteiger partial charge in [0.25, 0.3) is 0 Å². The average Bonchev–Trinajstić information content (AvgIpc) is 3.36. The van der Waals surface area contributed by atoms with Crippen LogP contribution in [0.1, 0.15) is 51.9 Å². The van der Waals surface area contributed by atoms with E-state index in [2.05, 4.69) is 56.0 Å². The Bertz CT molecular complexity index is 1120. The first kappa shape index (κ1) is 27.8. The van der Waals surface area contributed by atoms with Crippen LogP contribution in [0.25, 0.3) is 16.7 Å². The van der Waals surface area contributed by atoms with E-state index in [1.807, 2.05) is 18.5 Å². The van der Waals surface area contributed by atoms with Gasteiger partial charge >= 0.3 is 0 Å². The predicted molar refractivity (Wildman–Crippen MR) is 151 cm³/mol. The lowest BCUT2D eigenvalue weighted by molar-refractivity contribution is -0.106. The Morgan fingerprint density at radius 2 is 1.75 bits per heavy atom. The van der Waals surface area contributed by atoms with Crippen LogP contribution in [-0.4, -0.2) is 62.7 Å². The Balaban J connectivity index is 0.000000674. The topological polar surface area (TPSA) is 106 Å². The van der Waals surface area contributed by atoms with Crippen LogP contribution in [0.4, 0.5) is 11.6 Å². The number of nitrogens with zero attached hydrogens (tertiary/aromatic N) is 4. The molecule has 0 amide bonds. The van der Waals surface area contributed by atoms with E-state index in [-0.39, 0.29) is 0 Å². The highest BCUT2D eigenvalue weighted by Gasteiger charge is 2.23. The SMILES string of the molecule is CC=O.CN.CS(=O)C1CCN(c2cccc3c2ccn3-c2ccnc(NC3CCCCC3)n2)CC1. The summed E-state index contributed by atoms with van der Waals surface area (Å²) in [5.74, 6) is 1.61. The van der Waals surface area contributed by atoms with E-state index in [4.69, 9.17) is 9.78 Å². The summed E-state index contributed by atoms with van der Waals surface area (Å²) in [6.45, 7) is 3.36. The van der Waals surface area contributed by atoms with Crippen molar-refractivity contribution < 1.29 is 9.00 Å². The minimum absolute atomic E-state index is 0.330. The second-order valence-corrected chi connectivity index (χ2v) is 10.7. The van der Waals surface area contributed by atoms with Gasteiger partial charge < -0.3 is 25.3 Å². The maximum atomic E-state index is 11.8. The first-order valence-corrected chi connectivity index (χ1v) is 14.5. The molecular weight excluding hydrogens is 472 g/mol. The molecule has 0 radical (unpaired) electrons. The number of aldehydes is 1. The van der Waals surface area contributed by atoms with Gasteiger partial charge in [-0.25, -0.2) is 4.98 Å². The van der Waals surface area contributed by atoms with E-state index in [0.717, 1.165) is 49.5 Å². The summed E-state index contributed by atoms with van der Waals surface area (Å²) in [6.07, 6.45) is 14.8. The van der Waals surface area contributed by atoms with Gasteiger partial charge in [-0.1, -0.05) is 25.3 Å². The predicted octanol–water partition coefficient (Wildman–Crippen LogP) is 4.29. The maximum Gasteiger partial charge on any atom is 0.224 e. The number of benzene rings is 1. The molecule has 1 saturated carbocycles.